The fourth-order valence-corrected chi connectivity index (χ4v) is 2.86. The standard InChI is InChI=1S/C21H17NO5/c1-27-21(26)18(15-11-10-13-6-2-3-7-14(13)12-15)22-19(23)16-8-4-5-9-17(16)20(24)25/h2-12,18H,1H3,(H,22,23)(H,24,25)/t18-/m1/s1. The van der Waals surface area contributed by atoms with Crippen LogP contribution in [0.5, 0.6) is 0 Å². The molecule has 27 heavy (non-hydrogen) atoms. The Labute approximate surface area is 155 Å². The highest BCUT2D eigenvalue weighted by Gasteiger charge is 2.26. The maximum absolute atomic E-state index is 12.7. The number of ether oxygens (including phenoxy) is 1. The van der Waals surface area contributed by atoms with Crippen LogP contribution in [-0.4, -0.2) is 30.1 Å². The van der Waals surface area contributed by atoms with E-state index >= 15 is 0 Å². The van der Waals surface area contributed by atoms with E-state index in [2.05, 4.69) is 5.32 Å². The van der Waals surface area contributed by atoms with Gasteiger partial charge in [0, 0.05) is 0 Å². The molecule has 3 aromatic carbocycles. The van der Waals surface area contributed by atoms with E-state index in [0.29, 0.717) is 5.56 Å². The second-order valence-electron chi connectivity index (χ2n) is 5.89. The molecule has 3 aromatic rings. The number of nitrogens with one attached hydrogen (secondary N) is 1. The van der Waals surface area contributed by atoms with Crippen molar-refractivity contribution in [1.82, 2.24) is 5.32 Å². The molecule has 1 amide bonds. The molecule has 3 rings (SSSR count). The second kappa shape index (κ2) is 7.70. The van der Waals surface area contributed by atoms with Crippen molar-refractivity contribution < 1.29 is 24.2 Å². The third-order valence-corrected chi connectivity index (χ3v) is 4.22. The molecule has 136 valence electrons. The van der Waals surface area contributed by atoms with Gasteiger partial charge in [0.2, 0.25) is 0 Å². The molecule has 0 unspecified atom stereocenters. The molecular formula is C21H17NO5. The van der Waals surface area contributed by atoms with E-state index in [0.717, 1.165) is 10.8 Å². The Hall–Kier alpha value is -3.67. The minimum atomic E-state index is -1.22. The first-order chi connectivity index (χ1) is 13.0. The van der Waals surface area contributed by atoms with Crippen molar-refractivity contribution in [2.75, 3.05) is 7.11 Å². The van der Waals surface area contributed by atoms with E-state index in [1.165, 1.54) is 25.3 Å². The third kappa shape index (κ3) is 3.79. The minimum Gasteiger partial charge on any atom is -0.478 e. The molecule has 0 fully saturated rings. The number of methoxy groups -OCH3 is 1. The van der Waals surface area contributed by atoms with Crippen LogP contribution >= 0.6 is 0 Å². The molecule has 0 aliphatic rings. The summed E-state index contributed by atoms with van der Waals surface area (Å²) in [7, 11) is 1.23. The fraction of sp³-hybridized carbons (Fsp3) is 0.0952. The average Bonchev–Trinajstić information content (AvgIpc) is 2.70. The second-order valence-corrected chi connectivity index (χ2v) is 5.89. The minimum absolute atomic E-state index is 0.0281. The Kier molecular flexibility index (Phi) is 5.17. The number of hydrogen-bond donors (Lipinski definition) is 2. The third-order valence-electron chi connectivity index (χ3n) is 4.22. The number of carboxylic acids is 1. The number of hydrogen-bond acceptors (Lipinski definition) is 4. The zero-order valence-electron chi connectivity index (χ0n) is 14.5. The first kappa shape index (κ1) is 18.1. The Balaban J connectivity index is 1.97. The van der Waals surface area contributed by atoms with Crippen LogP contribution in [0.25, 0.3) is 10.8 Å². The van der Waals surface area contributed by atoms with Crippen LogP contribution in [0.15, 0.2) is 66.7 Å². The van der Waals surface area contributed by atoms with Gasteiger partial charge in [0.1, 0.15) is 0 Å². The van der Waals surface area contributed by atoms with Crippen molar-refractivity contribution in [2.24, 2.45) is 0 Å². The summed E-state index contributed by atoms with van der Waals surface area (Å²) in [5, 5.41) is 13.8. The highest BCUT2D eigenvalue weighted by molar-refractivity contribution is 6.05. The van der Waals surface area contributed by atoms with Crippen LogP contribution < -0.4 is 5.32 Å². The molecule has 1 atom stereocenters. The lowest BCUT2D eigenvalue weighted by molar-refractivity contribution is -0.143. The van der Waals surface area contributed by atoms with Crippen LogP contribution in [0.4, 0.5) is 0 Å². The van der Waals surface area contributed by atoms with E-state index in [4.69, 9.17) is 4.74 Å². The van der Waals surface area contributed by atoms with E-state index < -0.39 is 23.9 Å². The largest absolute Gasteiger partial charge is 0.478 e. The smallest absolute Gasteiger partial charge is 0.336 e. The van der Waals surface area contributed by atoms with Crippen molar-refractivity contribution in [1.29, 1.82) is 0 Å². The van der Waals surface area contributed by atoms with Gasteiger partial charge in [-0.05, 0) is 34.5 Å². The topological polar surface area (TPSA) is 92.7 Å². The first-order valence-corrected chi connectivity index (χ1v) is 8.21. The Bertz CT molecular complexity index is 1030. The number of fused-ring (bicyclic) bond motifs is 1. The van der Waals surface area contributed by atoms with Crippen LogP contribution in [0.3, 0.4) is 0 Å². The molecule has 0 aliphatic heterocycles. The summed E-state index contributed by atoms with van der Waals surface area (Å²) in [6, 6.07) is 17.7. The van der Waals surface area contributed by atoms with Crippen LogP contribution in [0.1, 0.15) is 32.3 Å². The maximum Gasteiger partial charge on any atom is 0.336 e. The molecule has 0 aliphatic carbocycles. The molecule has 0 heterocycles. The molecular weight excluding hydrogens is 346 g/mol. The highest BCUT2D eigenvalue weighted by Crippen LogP contribution is 2.22. The first-order valence-electron chi connectivity index (χ1n) is 8.21. The van der Waals surface area contributed by atoms with Gasteiger partial charge < -0.3 is 15.2 Å². The van der Waals surface area contributed by atoms with Crippen molar-refractivity contribution in [3.63, 3.8) is 0 Å². The Morgan fingerprint density at radius 2 is 1.52 bits per heavy atom. The number of carboxylic acid groups (broad SMARTS) is 1. The summed E-state index contributed by atoms with van der Waals surface area (Å²) in [4.78, 5) is 36.3. The normalized spacial score (nSPS) is 11.6. The van der Waals surface area contributed by atoms with Crippen molar-refractivity contribution in [3.05, 3.63) is 83.4 Å². The predicted molar refractivity (Wildman–Crippen MR) is 99.6 cm³/mol. The monoisotopic (exact) mass is 363 g/mol. The lowest BCUT2D eigenvalue weighted by Crippen LogP contribution is -2.35. The number of esters is 1. The number of carbonyl (C=O) groups excluding carboxylic acids is 2. The molecule has 6 nitrogen and oxygen atoms in total. The van der Waals surface area contributed by atoms with Crippen molar-refractivity contribution in [2.45, 2.75) is 6.04 Å². The summed E-state index contributed by atoms with van der Waals surface area (Å²) in [5.74, 6) is -2.54. The average molecular weight is 363 g/mol. The highest BCUT2D eigenvalue weighted by atomic mass is 16.5. The molecule has 2 N–H and O–H groups in total. The van der Waals surface area contributed by atoms with Gasteiger partial charge in [-0.1, -0.05) is 48.5 Å². The molecule has 0 radical (unpaired) electrons. The Morgan fingerprint density at radius 1 is 0.889 bits per heavy atom. The van der Waals surface area contributed by atoms with Gasteiger partial charge in [0.25, 0.3) is 5.91 Å². The van der Waals surface area contributed by atoms with Crippen LogP contribution in [-0.2, 0) is 9.53 Å². The van der Waals surface area contributed by atoms with Crippen molar-refractivity contribution in [3.8, 4) is 0 Å². The molecule has 0 saturated carbocycles. The molecule has 0 spiro atoms. The van der Waals surface area contributed by atoms with Crippen LogP contribution in [0.2, 0.25) is 0 Å². The maximum atomic E-state index is 12.7. The van der Waals surface area contributed by atoms with Crippen LogP contribution in [0, 0.1) is 0 Å². The van der Waals surface area contributed by atoms with Gasteiger partial charge in [-0.15, -0.1) is 0 Å². The van der Waals surface area contributed by atoms with Gasteiger partial charge in [-0.2, -0.15) is 0 Å². The van der Waals surface area contributed by atoms with Gasteiger partial charge in [0.05, 0.1) is 18.2 Å². The number of aromatic carboxylic acids is 1. The molecule has 0 bridgehead atoms. The van der Waals surface area contributed by atoms with E-state index in [9.17, 15) is 19.5 Å². The van der Waals surface area contributed by atoms with Gasteiger partial charge in [-0.3, -0.25) is 4.79 Å². The molecule has 0 aromatic heterocycles. The SMILES string of the molecule is COC(=O)[C@H](NC(=O)c1ccccc1C(=O)O)c1ccc2ccccc2c1. The predicted octanol–water partition coefficient (Wildman–Crippen LogP) is 3.18. The lowest BCUT2D eigenvalue weighted by atomic mass is 10.0. The van der Waals surface area contributed by atoms with Gasteiger partial charge in [0.15, 0.2) is 6.04 Å². The lowest BCUT2D eigenvalue weighted by Gasteiger charge is -2.18. The molecule has 6 heteroatoms. The number of amides is 1. The van der Waals surface area contributed by atoms with E-state index in [1.54, 1.807) is 18.2 Å². The summed E-state index contributed by atoms with van der Waals surface area (Å²) in [6.07, 6.45) is 0. The summed E-state index contributed by atoms with van der Waals surface area (Å²) >= 11 is 0. The molecule has 0 saturated heterocycles. The number of benzene rings is 3. The van der Waals surface area contributed by atoms with E-state index in [1.807, 2.05) is 30.3 Å². The van der Waals surface area contributed by atoms with Crippen molar-refractivity contribution >= 4 is 28.6 Å². The summed E-state index contributed by atoms with van der Waals surface area (Å²) < 4.78 is 4.82. The van der Waals surface area contributed by atoms with Gasteiger partial charge >= 0.3 is 11.9 Å². The fourth-order valence-electron chi connectivity index (χ4n) is 2.86. The number of rotatable bonds is 5. The summed E-state index contributed by atoms with van der Waals surface area (Å²) in [5.41, 5.74) is 0.374. The Morgan fingerprint density at radius 3 is 2.19 bits per heavy atom. The van der Waals surface area contributed by atoms with Gasteiger partial charge in [-0.25, -0.2) is 9.59 Å². The summed E-state index contributed by atoms with van der Waals surface area (Å²) in [6.45, 7) is 0. The quantitative estimate of drug-likeness (QED) is 0.679. The number of carbonyl (C=O) groups is 3. The zero-order chi connectivity index (χ0) is 19.4. The van der Waals surface area contributed by atoms with E-state index in [-0.39, 0.29) is 11.1 Å². The zero-order valence-corrected chi connectivity index (χ0v) is 14.5.